The summed E-state index contributed by atoms with van der Waals surface area (Å²) < 4.78 is 41.4. The van der Waals surface area contributed by atoms with Gasteiger partial charge in [0.15, 0.2) is 0 Å². The van der Waals surface area contributed by atoms with E-state index >= 15 is 0 Å². The van der Waals surface area contributed by atoms with E-state index in [1.54, 1.807) is 24.3 Å². The SMILES string of the molecule is CN(CCOc1ccccc1N)C(=O)C(F)(F)F. The Kier molecular flexibility index (Phi) is 4.41. The van der Waals surface area contributed by atoms with Gasteiger partial charge in [-0.2, -0.15) is 13.2 Å². The van der Waals surface area contributed by atoms with Gasteiger partial charge in [0.05, 0.1) is 12.2 Å². The van der Waals surface area contributed by atoms with Gasteiger partial charge in [0, 0.05) is 7.05 Å². The zero-order valence-electron chi connectivity index (χ0n) is 9.70. The molecule has 0 aliphatic heterocycles. The Morgan fingerprint density at radius 2 is 2.00 bits per heavy atom. The van der Waals surface area contributed by atoms with Crippen LogP contribution in [0.25, 0.3) is 0 Å². The molecule has 0 atom stereocenters. The van der Waals surface area contributed by atoms with Crippen LogP contribution in [0.1, 0.15) is 0 Å². The number of ether oxygens (including phenoxy) is 1. The molecule has 0 aliphatic rings. The summed E-state index contributed by atoms with van der Waals surface area (Å²) in [5.41, 5.74) is 5.97. The summed E-state index contributed by atoms with van der Waals surface area (Å²) in [6, 6.07) is 6.61. The number of amides is 1. The monoisotopic (exact) mass is 262 g/mol. The highest BCUT2D eigenvalue weighted by molar-refractivity contribution is 5.81. The van der Waals surface area contributed by atoms with Crippen LogP contribution in [0.3, 0.4) is 0 Å². The topological polar surface area (TPSA) is 55.6 Å². The highest BCUT2D eigenvalue weighted by atomic mass is 19.4. The zero-order chi connectivity index (χ0) is 13.8. The molecule has 18 heavy (non-hydrogen) atoms. The van der Waals surface area contributed by atoms with Crippen LogP contribution < -0.4 is 10.5 Å². The molecule has 0 spiro atoms. The standard InChI is InChI=1S/C11H13F3N2O2/c1-16(10(17)11(12,13)14)6-7-18-9-5-3-2-4-8(9)15/h2-5H,6-7,15H2,1H3. The lowest BCUT2D eigenvalue weighted by molar-refractivity contribution is -0.184. The molecule has 0 bridgehead atoms. The molecule has 0 saturated carbocycles. The van der Waals surface area contributed by atoms with Crippen molar-refractivity contribution in [1.29, 1.82) is 0 Å². The fourth-order valence-corrected chi connectivity index (χ4v) is 1.22. The number of carbonyl (C=O) groups excluding carboxylic acids is 1. The quantitative estimate of drug-likeness (QED) is 0.840. The van der Waals surface area contributed by atoms with Crippen LogP contribution in [0, 0.1) is 0 Å². The van der Waals surface area contributed by atoms with Crippen LogP contribution in [0.2, 0.25) is 0 Å². The molecule has 0 fully saturated rings. The smallest absolute Gasteiger partial charge is 0.471 e. The molecule has 0 unspecified atom stereocenters. The van der Waals surface area contributed by atoms with Crippen molar-refractivity contribution < 1.29 is 22.7 Å². The van der Waals surface area contributed by atoms with Crippen molar-refractivity contribution in [3.8, 4) is 5.75 Å². The predicted octanol–water partition coefficient (Wildman–Crippen LogP) is 1.67. The first-order valence-corrected chi connectivity index (χ1v) is 5.12. The maximum Gasteiger partial charge on any atom is 0.471 e. The number of benzene rings is 1. The summed E-state index contributed by atoms with van der Waals surface area (Å²) in [5.74, 6) is -1.52. The number of hydrogen-bond donors (Lipinski definition) is 1. The number of rotatable bonds is 4. The summed E-state index contributed by atoms with van der Waals surface area (Å²) in [6.07, 6.45) is -4.86. The average Bonchev–Trinajstić information content (AvgIpc) is 2.29. The fourth-order valence-electron chi connectivity index (χ4n) is 1.22. The molecule has 0 saturated heterocycles. The first kappa shape index (κ1) is 14.1. The minimum atomic E-state index is -4.86. The molecule has 2 N–H and O–H groups in total. The van der Waals surface area contributed by atoms with Crippen LogP contribution in [0.15, 0.2) is 24.3 Å². The summed E-state index contributed by atoms with van der Waals surface area (Å²) in [4.78, 5) is 11.3. The van der Waals surface area contributed by atoms with E-state index in [0.717, 1.165) is 7.05 Å². The summed E-state index contributed by atoms with van der Waals surface area (Å²) >= 11 is 0. The van der Waals surface area contributed by atoms with Gasteiger partial charge in [-0.15, -0.1) is 0 Å². The van der Waals surface area contributed by atoms with Gasteiger partial charge in [0.1, 0.15) is 12.4 Å². The Hall–Kier alpha value is -1.92. The number of hydrogen-bond acceptors (Lipinski definition) is 3. The number of para-hydroxylation sites is 2. The second-order valence-electron chi connectivity index (χ2n) is 3.61. The maximum atomic E-state index is 12.1. The van der Waals surface area contributed by atoms with Gasteiger partial charge in [-0.25, -0.2) is 0 Å². The van der Waals surface area contributed by atoms with Crippen LogP contribution in [0.5, 0.6) is 5.75 Å². The van der Waals surface area contributed by atoms with Gasteiger partial charge in [-0.1, -0.05) is 12.1 Å². The molecule has 0 aromatic heterocycles. The summed E-state index contributed by atoms with van der Waals surface area (Å²) in [5, 5.41) is 0. The molecule has 1 aromatic carbocycles. The molecular formula is C11H13F3N2O2. The molecule has 1 amide bonds. The van der Waals surface area contributed by atoms with E-state index in [1.165, 1.54) is 0 Å². The maximum absolute atomic E-state index is 12.1. The second kappa shape index (κ2) is 5.61. The third kappa shape index (κ3) is 3.83. The fraction of sp³-hybridized carbons (Fsp3) is 0.364. The Morgan fingerprint density at radius 1 is 1.39 bits per heavy atom. The second-order valence-corrected chi connectivity index (χ2v) is 3.61. The van der Waals surface area contributed by atoms with E-state index in [-0.39, 0.29) is 13.2 Å². The number of alkyl halides is 3. The van der Waals surface area contributed by atoms with Gasteiger partial charge in [0.25, 0.3) is 0 Å². The molecule has 1 rings (SSSR count). The molecule has 0 radical (unpaired) electrons. The van der Waals surface area contributed by atoms with E-state index in [9.17, 15) is 18.0 Å². The van der Waals surface area contributed by atoms with Gasteiger partial charge < -0.3 is 15.4 Å². The van der Waals surface area contributed by atoms with Crippen molar-refractivity contribution >= 4 is 11.6 Å². The molecule has 4 nitrogen and oxygen atoms in total. The lowest BCUT2D eigenvalue weighted by Crippen LogP contribution is -2.40. The van der Waals surface area contributed by atoms with Gasteiger partial charge >= 0.3 is 12.1 Å². The van der Waals surface area contributed by atoms with E-state index in [0.29, 0.717) is 16.3 Å². The Balaban J connectivity index is 2.43. The number of nitrogens with two attached hydrogens (primary N) is 1. The van der Waals surface area contributed by atoms with Crippen LogP contribution in [-0.2, 0) is 4.79 Å². The largest absolute Gasteiger partial charge is 0.490 e. The normalized spacial score (nSPS) is 11.1. The van der Waals surface area contributed by atoms with Crippen molar-refractivity contribution in [2.75, 3.05) is 25.9 Å². The lowest BCUT2D eigenvalue weighted by atomic mass is 10.3. The highest BCUT2D eigenvalue weighted by Crippen LogP contribution is 2.20. The van der Waals surface area contributed by atoms with Crippen molar-refractivity contribution in [2.24, 2.45) is 0 Å². The minimum Gasteiger partial charge on any atom is -0.490 e. The Labute approximate surface area is 102 Å². The highest BCUT2D eigenvalue weighted by Gasteiger charge is 2.41. The van der Waals surface area contributed by atoms with E-state index in [1.807, 2.05) is 0 Å². The number of likely N-dealkylation sites (N-methyl/N-ethyl adjacent to an activating group) is 1. The minimum absolute atomic E-state index is 0.0630. The molecule has 1 aromatic rings. The molecular weight excluding hydrogens is 249 g/mol. The average molecular weight is 262 g/mol. The zero-order valence-corrected chi connectivity index (χ0v) is 9.70. The van der Waals surface area contributed by atoms with Crippen LogP contribution in [0.4, 0.5) is 18.9 Å². The summed E-state index contributed by atoms with van der Waals surface area (Å²) in [7, 11) is 1.06. The van der Waals surface area contributed by atoms with Gasteiger partial charge in [-0.05, 0) is 12.1 Å². The first-order valence-electron chi connectivity index (χ1n) is 5.12. The first-order chi connectivity index (χ1) is 8.32. The number of anilines is 1. The van der Waals surface area contributed by atoms with Crippen molar-refractivity contribution in [2.45, 2.75) is 6.18 Å². The van der Waals surface area contributed by atoms with Crippen molar-refractivity contribution in [3.05, 3.63) is 24.3 Å². The van der Waals surface area contributed by atoms with Gasteiger partial charge in [-0.3, -0.25) is 4.79 Å². The van der Waals surface area contributed by atoms with E-state index in [4.69, 9.17) is 10.5 Å². The third-order valence-corrected chi connectivity index (χ3v) is 2.19. The Bertz CT molecular complexity index is 421. The summed E-state index contributed by atoms with van der Waals surface area (Å²) in [6.45, 7) is -0.237. The number of nitrogen functional groups attached to an aromatic ring is 1. The molecule has 100 valence electrons. The van der Waals surface area contributed by atoms with Crippen molar-refractivity contribution in [3.63, 3.8) is 0 Å². The van der Waals surface area contributed by atoms with E-state index in [2.05, 4.69) is 0 Å². The molecule has 0 heterocycles. The molecule has 7 heteroatoms. The lowest BCUT2D eigenvalue weighted by Gasteiger charge is -2.19. The van der Waals surface area contributed by atoms with Crippen LogP contribution in [-0.4, -0.2) is 37.2 Å². The third-order valence-electron chi connectivity index (χ3n) is 2.19. The van der Waals surface area contributed by atoms with E-state index < -0.39 is 12.1 Å². The number of halogens is 3. The Morgan fingerprint density at radius 3 is 2.56 bits per heavy atom. The number of nitrogens with zero attached hydrogens (tertiary/aromatic N) is 1. The molecule has 0 aliphatic carbocycles. The van der Waals surface area contributed by atoms with Crippen LogP contribution >= 0.6 is 0 Å². The predicted molar refractivity (Wildman–Crippen MR) is 60.0 cm³/mol. The van der Waals surface area contributed by atoms with Crippen molar-refractivity contribution in [1.82, 2.24) is 4.90 Å². The van der Waals surface area contributed by atoms with Gasteiger partial charge in [0.2, 0.25) is 0 Å². The number of carbonyl (C=O) groups is 1.